The van der Waals surface area contributed by atoms with Gasteiger partial charge in [-0.1, -0.05) is 42.2 Å². The molecule has 2 aromatic rings. The number of thioether (sulfide) groups is 1. The lowest BCUT2D eigenvalue weighted by atomic mass is 10.1. The van der Waals surface area contributed by atoms with Gasteiger partial charge in [0.25, 0.3) is 5.91 Å². The molecule has 26 heavy (non-hydrogen) atoms. The normalized spacial score (nSPS) is 15.2. The first-order valence-electron chi connectivity index (χ1n) is 8.18. The number of hydrogen-bond acceptors (Lipinski definition) is 5. The van der Waals surface area contributed by atoms with Crippen molar-refractivity contribution in [2.75, 3.05) is 13.2 Å². The third-order valence-electron chi connectivity index (χ3n) is 3.61. The van der Waals surface area contributed by atoms with Crippen molar-refractivity contribution >= 4 is 40.3 Å². The first-order chi connectivity index (χ1) is 12.5. The van der Waals surface area contributed by atoms with E-state index in [0.29, 0.717) is 22.4 Å². The maximum Gasteiger partial charge on any atom is 0.263 e. The van der Waals surface area contributed by atoms with Crippen LogP contribution in [-0.4, -0.2) is 23.4 Å². The molecule has 0 saturated carbocycles. The monoisotopic (exact) mass is 385 g/mol. The van der Waals surface area contributed by atoms with Gasteiger partial charge in [-0.2, -0.15) is 0 Å². The van der Waals surface area contributed by atoms with Gasteiger partial charge >= 0.3 is 0 Å². The SMILES string of the molecule is Cc1cc(C)cc(OCCOc2cccc(/C=C3\SC(=S)NC3=O)c2)c1. The number of benzene rings is 2. The van der Waals surface area contributed by atoms with Gasteiger partial charge in [-0.3, -0.25) is 4.79 Å². The standard InChI is InChI=1S/C20H19NO3S2/c1-13-8-14(2)10-17(9-13)24-7-6-23-16-5-3-4-15(11-16)12-18-19(22)21-20(25)26-18/h3-5,8-12H,6-7H2,1-2H3,(H,21,22,25)/b18-12-. The van der Waals surface area contributed by atoms with Crippen LogP contribution in [0.1, 0.15) is 16.7 Å². The Labute approximate surface area is 162 Å². The summed E-state index contributed by atoms with van der Waals surface area (Å²) < 4.78 is 12.0. The van der Waals surface area contributed by atoms with Crippen molar-refractivity contribution in [1.29, 1.82) is 0 Å². The largest absolute Gasteiger partial charge is 0.490 e. The Hall–Kier alpha value is -2.31. The lowest BCUT2D eigenvalue weighted by Crippen LogP contribution is -2.17. The second-order valence-corrected chi connectivity index (χ2v) is 7.66. The van der Waals surface area contributed by atoms with Gasteiger partial charge in [-0.15, -0.1) is 0 Å². The zero-order chi connectivity index (χ0) is 18.5. The van der Waals surface area contributed by atoms with Crippen LogP contribution in [0.15, 0.2) is 47.4 Å². The lowest BCUT2D eigenvalue weighted by Gasteiger charge is -2.10. The van der Waals surface area contributed by atoms with Gasteiger partial charge in [0.15, 0.2) is 0 Å². The Morgan fingerprint density at radius 1 is 1.04 bits per heavy atom. The van der Waals surface area contributed by atoms with Crippen molar-refractivity contribution in [3.63, 3.8) is 0 Å². The molecular formula is C20H19NO3S2. The summed E-state index contributed by atoms with van der Waals surface area (Å²) in [6.07, 6.45) is 1.80. The molecule has 2 aromatic carbocycles. The van der Waals surface area contributed by atoms with Crippen LogP contribution < -0.4 is 14.8 Å². The number of ether oxygens (including phenoxy) is 2. The molecule has 1 aliphatic rings. The molecule has 1 fully saturated rings. The average Bonchev–Trinajstić information content (AvgIpc) is 2.88. The molecule has 0 unspecified atom stereocenters. The minimum Gasteiger partial charge on any atom is -0.490 e. The number of carbonyl (C=O) groups excluding carboxylic acids is 1. The van der Waals surface area contributed by atoms with Crippen LogP contribution in [0.2, 0.25) is 0 Å². The van der Waals surface area contributed by atoms with E-state index in [1.807, 2.05) is 50.2 Å². The van der Waals surface area contributed by atoms with Crippen LogP contribution in [0.4, 0.5) is 0 Å². The van der Waals surface area contributed by atoms with Crippen molar-refractivity contribution in [3.8, 4) is 11.5 Å². The van der Waals surface area contributed by atoms with Gasteiger partial charge in [-0.25, -0.2) is 0 Å². The minimum absolute atomic E-state index is 0.159. The van der Waals surface area contributed by atoms with Crippen LogP contribution in [0.5, 0.6) is 11.5 Å². The van der Waals surface area contributed by atoms with Crippen LogP contribution in [-0.2, 0) is 4.79 Å². The summed E-state index contributed by atoms with van der Waals surface area (Å²) in [5.41, 5.74) is 3.24. The molecule has 0 aliphatic carbocycles. The molecule has 1 heterocycles. The maximum atomic E-state index is 11.7. The molecule has 0 aromatic heterocycles. The van der Waals surface area contributed by atoms with E-state index in [4.69, 9.17) is 21.7 Å². The van der Waals surface area contributed by atoms with E-state index in [-0.39, 0.29) is 5.91 Å². The van der Waals surface area contributed by atoms with E-state index in [9.17, 15) is 4.79 Å². The van der Waals surface area contributed by atoms with Gasteiger partial charge in [0.05, 0.1) is 4.91 Å². The molecule has 0 spiro atoms. The maximum absolute atomic E-state index is 11.7. The molecule has 134 valence electrons. The van der Waals surface area contributed by atoms with E-state index >= 15 is 0 Å². The second-order valence-electron chi connectivity index (χ2n) is 5.95. The molecule has 1 aliphatic heterocycles. The number of carbonyl (C=O) groups is 1. The molecule has 1 N–H and O–H groups in total. The van der Waals surface area contributed by atoms with Crippen molar-refractivity contribution in [1.82, 2.24) is 5.32 Å². The minimum atomic E-state index is -0.159. The van der Waals surface area contributed by atoms with Gasteiger partial charge in [0, 0.05) is 0 Å². The highest BCUT2D eigenvalue weighted by molar-refractivity contribution is 8.26. The number of aryl methyl sites for hydroxylation is 2. The van der Waals surface area contributed by atoms with Gasteiger partial charge in [0.1, 0.15) is 29.0 Å². The predicted molar refractivity (Wildman–Crippen MR) is 110 cm³/mol. The summed E-state index contributed by atoms with van der Waals surface area (Å²) in [6.45, 7) is 4.99. The Bertz CT molecular complexity index is 857. The second kappa shape index (κ2) is 8.38. The molecule has 0 radical (unpaired) electrons. The molecule has 1 saturated heterocycles. The molecule has 6 heteroatoms. The predicted octanol–water partition coefficient (Wildman–Crippen LogP) is 4.25. The Kier molecular flexibility index (Phi) is 5.96. The Balaban J connectivity index is 1.55. The molecule has 0 bridgehead atoms. The number of hydrogen-bond donors (Lipinski definition) is 1. The van der Waals surface area contributed by atoms with Gasteiger partial charge in [0.2, 0.25) is 0 Å². The first-order valence-corrected chi connectivity index (χ1v) is 9.41. The third kappa shape index (κ3) is 5.09. The van der Waals surface area contributed by atoms with Gasteiger partial charge in [-0.05, 0) is 60.9 Å². The average molecular weight is 386 g/mol. The topological polar surface area (TPSA) is 47.6 Å². The number of thiocarbonyl (C=S) groups is 1. The number of amides is 1. The summed E-state index contributed by atoms with van der Waals surface area (Å²) in [5.74, 6) is 1.42. The van der Waals surface area contributed by atoms with E-state index in [1.54, 1.807) is 6.08 Å². The molecule has 3 rings (SSSR count). The zero-order valence-electron chi connectivity index (χ0n) is 14.6. The third-order valence-corrected chi connectivity index (χ3v) is 4.78. The lowest BCUT2D eigenvalue weighted by molar-refractivity contribution is -0.115. The smallest absolute Gasteiger partial charge is 0.263 e. The number of nitrogens with one attached hydrogen (secondary N) is 1. The van der Waals surface area contributed by atoms with Crippen molar-refractivity contribution in [2.45, 2.75) is 13.8 Å². The van der Waals surface area contributed by atoms with Gasteiger partial charge < -0.3 is 14.8 Å². The summed E-state index contributed by atoms with van der Waals surface area (Å²) in [4.78, 5) is 12.3. The fourth-order valence-electron chi connectivity index (χ4n) is 2.60. The first kappa shape index (κ1) is 18.5. The van der Waals surface area contributed by atoms with Crippen molar-refractivity contribution in [2.24, 2.45) is 0 Å². The van der Waals surface area contributed by atoms with E-state index in [1.165, 1.54) is 22.9 Å². The summed E-state index contributed by atoms with van der Waals surface area (Å²) in [5, 5.41) is 2.61. The molecule has 1 amide bonds. The van der Waals surface area contributed by atoms with E-state index in [2.05, 4.69) is 11.4 Å². The van der Waals surface area contributed by atoms with Crippen molar-refractivity contribution < 1.29 is 14.3 Å². The Morgan fingerprint density at radius 3 is 2.38 bits per heavy atom. The molecule has 4 nitrogen and oxygen atoms in total. The highest BCUT2D eigenvalue weighted by Crippen LogP contribution is 2.26. The van der Waals surface area contributed by atoms with E-state index < -0.39 is 0 Å². The Morgan fingerprint density at radius 2 is 1.73 bits per heavy atom. The summed E-state index contributed by atoms with van der Waals surface area (Å²) in [6, 6.07) is 13.7. The molecular weight excluding hydrogens is 366 g/mol. The van der Waals surface area contributed by atoms with Crippen LogP contribution in [0.25, 0.3) is 6.08 Å². The van der Waals surface area contributed by atoms with E-state index in [0.717, 1.165) is 17.1 Å². The quantitative estimate of drug-likeness (QED) is 0.458. The van der Waals surface area contributed by atoms with Crippen LogP contribution in [0, 0.1) is 13.8 Å². The zero-order valence-corrected chi connectivity index (χ0v) is 16.2. The van der Waals surface area contributed by atoms with Crippen LogP contribution >= 0.6 is 24.0 Å². The highest BCUT2D eigenvalue weighted by Gasteiger charge is 2.21. The fraction of sp³-hybridized carbons (Fsp3) is 0.200. The summed E-state index contributed by atoms with van der Waals surface area (Å²) in [7, 11) is 0. The van der Waals surface area contributed by atoms with Crippen molar-refractivity contribution in [3.05, 3.63) is 64.1 Å². The number of rotatable bonds is 6. The fourth-order valence-corrected chi connectivity index (χ4v) is 3.65. The highest BCUT2D eigenvalue weighted by atomic mass is 32.2. The summed E-state index contributed by atoms with van der Waals surface area (Å²) >= 11 is 6.26. The molecule has 0 atom stereocenters. The van der Waals surface area contributed by atoms with Crippen LogP contribution in [0.3, 0.4) is 0 Å².